The third kappa shape index (κ3) is 2.63. The van der Waals surface area contributed by atoms with Gasteiger partial charge in [0.15, 0.2) is 0 Å². The Hall–Kier alpha value is -0.860. The van der Waals surface area contributed by atoms with Gasteiger partial charge in [-0.2, -0.15) is 0 Å². The van der Waals surface area contributed by atoms with Gasteiger partial charge in [-0.1, -0.05) is 30.4 Å². The number of thiol groups is 2. The molecular formula is C14H14S2. The predicted octanol–water partition coefficient (Wildman–Crippen LogP) is 4.47. The van der Waals surface area contributed by atoms with E-state index in [4.69, 9.17) is 0 Å². The lowest BCUT2D eigenvalue weighted by molar-refractivity contribution is 1.21. The molecule has 2 rings (SSSR count). The van der Waals surface area contributed by atoms with E-state index in [2.05, 4.69) is 74.7 Å². The Bertz CT molecular complexity index is 494. The molecule has 0 nitrogen and oxygen atoms in total. The van der Waals surface area contributed by atoms with Crippen LogP contribution in [0, 0.1) is 6.92 Å². The quantitative estimate of drug-likeness (QED) is 0.671. The fourth-order valence-electron chi connectivity index (χ4n) is 1.69. The van der Waals surface area contributed by atoms with Gasteiger partial charge in [-0.15, -0.1) is 25.3 Å². The van der Waals surface area contributed by atoms with Crippen molar-refractivity contribution in [2.24, 2.45) is 0 Å². The normalized spacial score (nSPS) is 17.1. The van der Waals surface area contributed by atoms with E-state index in [-0.39, 0.29) is 0 Å². The topological polar surface area (TPSA) is 0 Å². The molecule has 0 fully saturated rings. The zero-order chi connectivity index (χ0) is 11.5. The second-order valence-corrected chi connectivity index (χ2v) is 4.87. The van der Waals surface area contributed by atoms with Crippen LogP contribution in [0.4, 0.5) is 0 Å². The summed E-state index contributed by atoms with van der Waals surface area (Å²) in [5.74, 6) is 0. The van der Waals surface area contributed by atoms with Crippen LogP contribution < -0.4 is 0 Å². The van der Waals surface area contributed by atoms with Gasteiger partial charge in [-0.05, 0) is 42.2 Å². The molecule has 0 N–H and O–H groups in total. The Morgan fingerprint density at radius 3 is 2.56 bits per heavy atom. The highest BCUT2D eigenvalue weighted by atomic mass is 32.1. The van der Waals surface area contributed by atoms with Crippen molar-refractivity contribution in [3.8, 4) is 0 Å². The maximum absolute atomic E-state index is 4.40. The molecule has 0 atom stereocenters. The molecule has 1 aliphatic rings. The molecule has 1 aromatic rings. The number of hydrogen-bond acceptors (Lipinski definition) is 2. The van der Waals surface area contributed by atoms with Gasteiger partial charge in [0.25, 0.3) is 0 Å². The van der Waals surface area contributed by atoms with E-state index in [0.717, 1.165) is 16.2 Å². The van der Waals surface area contributed by atoms with E-state index in [1.165, 1.54) is 16.7 Å². The minimum atomic E-state index is 0.927. The van der Waals surface area contributed by atoms with E-state index in [0.29, 0.717) is 0 Å². The first kappa shape index (κ1) is 11.6. The molecular weight excluding hydrogens is 232 g/mol. The minimum absolute atomic E-state index is 0.927. The van der Waals surface area contributed by atoms with Crippen LogP contribution in [0.15, 0.2) is 51.8 Å². The van der Waals surface area contributed by atoms with Crippen molar-refractivity contribution in [2.45, 2.75) is 23.1 Å². The molecule has 82 valence electrons. The Morgan fingerprint density at radius 2 is 1.88 bits per heavy atom. The van der Waals surface area contributed by atoms with Crippen LogP contribution >= 0.6 is 25.3 Å². The third-order valence-corrected chi connectivity index (χ3v) is 3.53. The van der Waals surface area contributed by atoms with Crippen molar-refractivity contribution in [1.29, 1.82) is 0 Å². The van der Waals surface area contributed by atoms with Crippen LogP contribution in [0.1, 0.15) is 17.5 Å². The SMILES string of the molecule is Cc1cc(S)c(S)cc1/C=C1/C=CC=CC1. The fraction of sp³-hybridized carbons (Fsp3) is 0.143. The number of aryl methyl sites for hydroxylation is 1. The van der Waals surface area contributed by atoms with Gasteiger partial charge in [0.2, 0.25) is 0 Å². The highest BCUT2D eigenvalue weighted by Crippen LogP contribution is 2.25. The molecule has 1 aromatic carbocycles. The molecule has 0 saturated carbocycles. The van der Waals surface area contributed by atoms with Gasteiger partial charge in [-0.3, -0.25) is 0 Å². The van der Waals surface area contributed by atoms with Crippen molar-refractivity contribution in [1.82, 2.24) is 0 Å². The van der Waals surface area contributed by atoms with Crippen LogP contribution in [0.3, 0.4) is 0 Å². The minimum Gasteiger partial charge on any atom is -0.142 e. The van der Waals surface area contributed by atoms with Gasteiger partial charge in [-0.25, -0.2) is 0 Å². The van der Waals surface area contributed by atoms with E-state index in [1.807, 2.05) is 0 Å². The van der Waals surface area contributed by atoms with Gasteiger partial charge >= 0.3 is 0 Å². The van der Waals surface area contributed by atoms with Crippen LogP contribution in [0.25, 0.3) is 6.08 Å². The highest BCUT2D eigenvalue weighted by molar-refractivity contribution is 7.83. The van der Waals surface area contributed by atoms with Gasteiger partial charge < -0.3 is 0 Å². The van der Waals surface area contributed by atoms with Crippen molar-refractivity contribution in [3.63, 3.8) is 0 Å². The lowest BCUT2D eigenvalue weighted by Crippen LogP contribution is -1.86. The smallest absolute Gasteiger partial charge is 0.0180 e. The summed E-state index contributed by atoms with van der Waals surface area (Å²) in [6, 6.07) is 4.13. The predicted molar refractivity (Wildman–Crippen MR) is 76.6 cm³/mol. The van der Waals surface area contributed by atoms with Gasteiger partial charge in [0.1, 0.15) is 0 Å². The molecule has 0 amide bonds. The summed E-state index contributed by atoms with van der Waals surface area (Å²) in [6.07, 6.45) is 11.7. The molecule has 0 saturated heterocycles. The second kappa shape index (κ2) is 4.98. The number of hydrogen-bond donors (Lipinski definition) is 2. The molecule has 2 heteroatoms. The molecule has 0 bridgehead atoms. The van der Waals surface area contributed by atoms with E-state index in [1.54, 1.807) is 0 Å². The summed E-state index contributed by atoms with van der Waals surface area (Å²) in [5, 5.41) is 0. The van der Waals surface area contributed by atoms with Crippen molar-refractivity contribution in [2.75, 3.05) is 0 Å². The number of benzene rings is 1. The summed E-state index contributed by atoms with van der Waals surface area (Å²) in [6.45, 7) is 2.10. The van der Waals surface area contributed by atoms with E-state index in [9.17, 15) is 0 Å². The van der Waals surface area contributed by atoms with Crippen LogP contribution in [-0.4, -0.2) is 0 Å². The first-order valence-corrected chi connectivity index (χ1v) is 6.12. The van der Waals surface area contributed by atoms with Crippen LogP contribution in [0.5, 0.6) is 0 Å². The largest absolute Gasteiger partial charge is 0.142 e. The Labute approximate surface area is 108 Å². The molecule has 0 aliphatic heterocycles. The zero-order valence-electron chi connectivity index (χ0n) is 9.14. The average molecular weight is 246 g/mol. The maximum atomic E-state index is 4.40. The van der Waals surface area contributed by atoms with Crippen molar-refractivity contribution < 1.29 is 0 Å². The summed E-state index contributed by atoms with van der Waals surface area (Å²) >= 11 is 8.75. The lowest BCUT2D eigenvalue weighted by atomic mass is 10.0. The summed E-state index contributed by atoms with van der Waals surface area (Å²) in [5.41, 5.74) is 3.78. The Kier molecular flexibility index (Phi) is 3.62. The van der Waals surface area contributed by atoms with Gasteiger partial charge in [0, 0.05) is 9.79 Å². The van der Waals surface area contributed by atoms with Crippen LogP contribution in [0.2, 0.25) is 0 Å². The monoisotopic (exact) mass is 246 g/mol. The zero-order valence-corrected chi connectivity index (χ0v) is 10.9. The number of rotatable bonds is 1. The summed E-state index contributed by atoms with van der Waals surface area (Å²) < 4.78 is 0. The molecule has 0 radical (unpaired) electrons. The maximum Gasteiger partial charge on any atom is 0.0180 e. The van der Waals surface area contributed by atoms with Crippen molar-refractivity contribution in [3.05, 3.63) is 53.1 Å². The summed E-state index contributed by atoms with van der Waals surface area (Å²) in [4.78, 5) is 1.86. The highest BCUT2D eigenvalue weighted by Gasteiger charge is 2.02. The molecule has 0 spiro atoms. The standard InChI is InChI=1S/C14H14S2/c1-10-7-13(15)14(16)9-12(10)8-11-5-3-2-4-6-11/h2-5,7-9,15-16H,6H2,1H3/b11-8-. The third-order valence-electron chi connectivity index (χ3n) is 2.62. The van der Waals surface area contributed by atoms with E-state index >= 15 is 0 Å². The molecule has 0 heterocycles. The second-order valence-electron chi connectivity index (χ2n) is 3.91. The molecule has 0 aromatic heterocycles. The van der Waals surface area contributed by atoms with Gasteiger partial charge in [0.05, 0.1) is 0 Å². The average Bonchev–Trinajstić information content (AvgIpc) is 2.27. The Morgan fingerprint density at radius 1 is 1.12 bits per heavy atom. The van der Waals surface area contributed by atoms with Crippen molar-refractivity contribution >= 4 is 31.3 Å². The first-order chi connectivity index (χ1) is 7.66. The molecule has 0 unspecified atom stereocenters. The fourth-order valence-corrected chi connectivity index (χ4v) is 2.15. The molecule has 16 heavy (non-hydrogen) atoms. The Balaban J connectivity index is 2.38. The molecule has 1 aliphatic carbocycles. The summed E-state index contributed by atoms with van der Waals surface area (Å²) in [7, 11) is 0. The van der Waals surface area contributed by atoms with E-state index < -0.39 is 0 Å². The van der Waals surface area contributed by atoms with Crippen LogP contribution in [-0.2, 0) is 0 Å². The lowest BCUT2D eigenvalue weighted by Gasteiger charge is -2.07. The number of allylic oxidation sites excluding steroid dienone is 5. The first-order valence-electron chi connectivity index (χ1n) is 5.23.